The van der Waals surface area contributed by atoms with E-state index in [2.05, 4.69) is 9.29 Å². The monoisotopic (exact) mass is 361 g/mol. The predicted molar refractivity (Wildman–Crippen MR) is 99.3 cm³/mol. The average Bonchev–Trinajstić information content (AvgIpc) is 2.98. The number of fused-ring (bicyclic) bond motifs is 1. The Morgan fingerprint density at radius 1 is 1.08 bits per heavy atom. The summed E-state index contributed by atoms with van der Waals surface area (Å²) in [6.45, 7) is 0. The molecule has 0 amide bonds. The van der Waals surface area contributed by atoms with Crippen LogP contribution in [0.25, 0.3) is 16.7 Å². The van der Waals surface area contributed by atoms with Crippen molar-refractivity contribution in [1.82, 2.24) is 14.3 Å². The molecule has 0 radical (unpaired) electrons. The highest BCUT2D eigenvalue weighted by molar-refractivity contribution is 7.99. The number of hydrogen-bond donors (Lipinski definition) is 1. The number of nitrogens with zero attached hydrogens (tertiary/aromatic N) is 2. The Bertz CT molecular complexity index is 921. The van der Waals surface area contributed by atoms with Crippen LogP contribution in [-0.4, -0.2) is 36.5 Å². The van der Waals surface area contributed by atoms with E-state index in [1.807, 2.05) is 54.6 Å². The lowest BCUT2D eigenvalue weighted by atomic mass is 10.3. The van der Waals surface area contributed by atoms with Gasteiger partial charge in [0.2, 0.25) is 10.0 Å². The van der Waals surface area contributed by atoms with E-state index in [0.717, 1.165) is 21.9 Å². The second kappa shape index (κ2) is 7.38. The maximum Gasteiger partial charge on any atom is 0.211 e. The van der Waals surface area contributed by atoms with Gasteiger partial charge in [0.15, 0.2) is 5.16 Å². The van der Waals surface area contributed by atoms with Crippen molar-refractivity contribution in [3.63, 3.8) is 0 Å². The quantitative estimate of drug-likeness (QED) is 0.519. The second-order valence-corrected chi connectivity index (χ2v) is 8.39. The molecular formula is C17H19N3O2S2. The predicted octanol–water partition coefficient (Wildman–Crippen LogP) is 3.06. The van der Waals surface area contributed by atoms with Crippen molar-refractivity contribution in [2.45, 2.75) is 11.6 Å². The van der Waals surface area contributed by atoms with Crippen LogP contribution >= 0.6 is 11.8 Å². The maximum atomic E-state index is 11.5. The number of rotatable bonds is 7. The molecule has 5 nitrogen and oxygen atoms in total. The molecular weight excluding hydrogens is 342 g/mol. The van der Waals surface area contributed by atoms with Gasteiger partial charge in [-0.25, -0.2) is 18.1 Å². The third kappa shape index (κ3) is 3.80. The molecule has 0 bridgehead atoms. The van der Waals surface area contributed by atoms with Gasteiger partial charge in [-0.05, 0) is 37.7 Å². The van der Waals surface area contributed by atoms with E-state index in [-0.39, 0.29) is 5.75 Å². The Hall–Kier alpha value is -1.83. The highest BCUT2D eigenvalue weighted by atomic mass is 32.2. The number of imidazole rings is 1. The lowest BCUT2D eigenvalue weighted by Gasteiger charge is -2.09. The number of sulfonamides is 1. The molecule has 0 fully saturated rings. The Kier molecular flexibility index (Phi) is 5.23. The number of aromatic nitrogens is 2. The topological polar surface area (TPSA) is 64.0 Å². The Labute approximate surface area is 146 Å². The van der Waals surface area contributed by atoms with E-state index in [1.54, 1.807) is 11.8 Å². The van der Waals surface area contributed by atoms with E-state index in [4.69, 9.17) is 4.98 Å². The minimum absolute atomic E-state index is 0.127. The normalized spacial score (nSPS) is 11.9. The standard InChI is InChI=1S/C17H19N3O2S2/c1-18-24(21,22)13-7-12-23-17-19-15-10-5-6-11-16(15)20(17)14-8-3-2-4-9-14/h2-6,8-11,18H,7,12-13H2,1H3. The van der Waals surface area contributed by atoms with Crippen LogP contribution in [-0.2, 0) is 10.0 Å². The SMILES string of the molecule is CNS(=O)(=O)CCCSc1nc2ccccc2n1-c1ccccc1. The number of thioether (sulfide) groups is 1. The largest absolute Gasteiger partial charge is 0.287 e. The van der Waals surface area contributed by atoms with Gasteiger partial charge in [0.05, 0.1) is 16.8 Å². The zero-order valence-electron chi connectivity index (χ0n) is 13.3. The summed E-state index contributed by atoms with van der Waals surface area (Å²) in [6.07, 6.45) is 0.575. The van der Waals surface area contributed by atoms with Gasteiger partial charge in [0.1, 0.15) is 0 Å². The smallest absolute Gasteiger partial charge is 0.211 e. The molecule has 3 rings (SSSR count). The molecule has 0 unspecified atom stereocenters. The van der Waals surface area contributed by atoms with Crippen molar-refractivity contribution in [3.8, 4) is 5.69 Å². The summed E-state index contributed by atoms with van der Waals surface area (Å²) in [6, 6.07) is 18.1. The van der Waals surface area contributed by atoms with E-state index in [9.17, 15) is 8.42 Å². The lowest BCUT2D eigenvalue weighted by Crippen LogP contribution is -2.22. The van der Waals surface area contributed by atoms with Gasteiger partial charge in [-0.1, -0.05) is 42.1 Å². The summed E-state index contributed by atoms with van der Waals surface area (Å²) >= 11 is 1.58. The minimum Gasteiger partial charge on any atom is -0.287 e. The van der Waals surface area contributed by atoms with E-state index >= 15 is 0 Å². The number of benzene rings is 2. The molecule has 0 saturated carbocycles. The summed E-state index contributed by atoms with van der Waals surface area (Å²) in [4.78, 5) is 4.70. The first-order valence-corrected chi connectivity index (χ1v) is 10.3. The Morgan fingerprint density at radius 2 is 1.79 bits per heavy atom. The molecule has 0 atom stereocenters. The van der Waals surface area contributed by atoms with Gasteiger partial charge in [-0.3, -0.25) is 4.57 Å². The molecule has 0 saturated heterocycles. The Balaban J connectivity index is 1.85. The fourth-order valence-electron chi connectivity index (χ4n) is 2.44. The van der Waals surface area contributed by atoms with Crippen LogP contribution in [0.15, 0.2) is 59.8 Å². The molecule has 2 aromatic carbocycles. The third-order valence-corrected chi connectivity index (χ3v) is 6.12. The van der Waals surface area contributed by atoms with Crippen LogP contribution in [0.4, 0.5) is 0 Å². The van der Waals surface area contributed by atoms with Gasteiger partial charge in [0.25, 0.3) is 0 Å². The van der Waals surface area contributed by atoms with Crippen molar-refractivity contribution in [2.24, 2.45) is 0 Å². The van der Waals surface area contributed by atoms with Crippen molar-refractivity contribution < 1.29 is 8.42 Å². The molecule has 1 aromatic heterocycles. The first-order chi connectivity index (χ1) is 11.6. The lowest BCUT2D eigenvalue weighted by molar-refractivity contribution is 0.587. The van der Waals surface area contributed by atoms with Crippen LogP contribution in [0.1, 0.15) is 6.42 Å². The minimum atomic E-state index is -3.15. The fraction of sp³-hybridized carbons (Fsp3) is 0.235. The molecule has 1 N–H and O–H groups in total. The molecule has 0 aliphatic rings. The van der Waals surface area contributed by atoms with Crippen molar-refractivity contribution >= 4 is 32.8 Å². The molecule has 3 aromatic rings. The maximum absolute atomic E-state index is 11.5. The van der Waals surface area contributed by atoms with Gasteiger partial charge in [-0.15, -0.1) is 0 Å². The summed E-state index contributed by atoms with van der Waals surface area (Å²) in [7, 11) is -1.71. The first kappa shape index (κ1) is 17.0. The summed E-state index contributed by atoms with van der Waals surface area (Å²) in [5, 5.41) is 0.879. The van der Waals surface area contributed by atoms with Crippen LogP contribution in [0.5, 0.6) is 0 Å². The molecule has 126 valence electrons. The van der Waals surface area contributed by atoms with Crippen LogP contribution in [0.2, 0.25) is 0 Å². The van der Waals surface area contributed by atoms with Gasteiger partial charge < -0.3 is 0 Å². The Morgan fingerprint density at radius 3 is 2.54 bits per heavy atom. The van der Waals surface area contributed by atoms with E-state index in [0.29, 0.717) is 12.2 Å². The number of para-hydroxylation sites is 3. The summed E-state index contributed by atoms with van der Waals surface area (Å²) in [5.74, 6) is 0.819. The molecule has 7 heteroatoms. The zero-order valence-corrected chi connectivity index (χ0v) is 15.0. The van der Waals surface area contributed by atoms with Crippen molar-refractivity contribution in [1.29, 1.82) is 0 Å². The molecule has 0 aliphatic heterocycles. The zero-order chi connectivity index (χ0) is 17.0. The number of nitrogens with one attached hydrogen (secondary N) is 1. The third-order valence-electron chi connectivity index (χ3n) is 3.64. The first-order valence-electron chi connectivity index (χ1n) is 7.67. The molecule has 1 heterocycles. The van der Waals surface area contributed by atoms with Gasteiger partial charge >= 0.3 is 0 Å². The second-order valence-electron chi connectivity index (χ2n) is 5.28. The highest BCUT2D eigenvalue weighted by Crippen LogP contribution is 2.28. The van der Waals surface area contributed by atoms with Crippen molar-refractivity contribution in [3.05, 3.63) is 54.6 Å². The van der Waals surface area contributed by atoms with Gasteiger partial charge in [0, 0.05) is 11.4 Å². The molecule has 0 spiro atoms. The molecule has 24 heavy (non-hydrogen) atoms. The molecule has 0 aliphatic carbocycles. The van der Waals surface area contributed by atoms with Crippen molar-refractivity contribution in [2.75, 3.05) is 18.6 Å². The number of hydrogen-bond acceptors (Lipinski definition) is 4. The van der Waals surface area contributed by atoms with Gasteiger partial charge in [-0.2, -0.15) is 0 Å². The average molecular weight is 361 g/mol. The van der Waals surface area contributed by atoms with Crippen LogP contribution in [0.3, 0.4) is 0 Å². The fourth-order valence-corrected chi connectivity index (χ4v) is 4.32. The van der Waals surface area contributed by atoms with E-state index in [1.165, 1.54) is 7.05 Å². The van der Waals surface area contributed by atoms with E-state index < -0.39 is 10.0 Å². The summed E-state index contributed by atoms with van der Waals surface area (Å²) < 4.78 is 27.5. The van der Waals surface area contributed by atoms with Crippen LogP contribution in [0, 0.1) is 0 Å². The van der Waals surface area contributed by atoms with Crippen LogP contribution < -0.4 is 4.72 Å². The summed E-state index contributed by atoms with van der Waals surface area (Å²) in [5.41, 5.74) is 3.04. The highest BCUT2D eigenvalue weighted by Gasteiger charge is 2.13.